The Morgan fingerprint density at radius 1 is 1.07 bits per heavy atom. The van der Waals surface area contributed by atoms with Crippen LogP contribution < -0.4 is 5.32 Å². The predicted octanol–water partition coefficient (Wildman–Crippen LogP) is 2.19. The average Bonchev–Trinajstić information content (AvgIpc) is 2.71. The van der Waals surface area contributed by atoms with Crippen molar-refractivity contribution in [3.8, 4) is 0 Å². The Hall–Kier alpha value is -2.71. The lowest BCUT2D eigenvalue weighted by molar-refractivity contribution is -0.121. The van der Waals surface area contributed by atoms with Crippen molar-refractivity contribution in [3.63, 3.8) is 0 Å². The summed E-state index contributed by atoms with van der Waals surface area (Å²) in [5.74, 6) is -0.706. The summed E-state index contributed by atoms with van der Waals surface area (Å²) in [5.41, 5.74) is 2.45. The summed E-state index contributed by atoms with van der Waals surface area (Å²) in [7, 11) is -1.76. The van der Waals surface area contributed by atoms with Gasteiger partial charge in [0.1, 0.15) is 6.04 Å². The van der Waals surface area contributed by atoms with Crippen LogP contribution in [0.1, 0.15) is 27.5 Å². The van der Waals surface area contributed by atoms with Crippen molar-refractivity contribution in [1.82, 2.24) is 4.90 Å². The summed E-state index contributed by atoms with van der Waals surface area (Å²) < 4.78 is 28.4. The summed E-state index contributed by atoms with van der Waals surface area (Å²) in [6.07, 6.45) is 0. The molecule has 0 radical (unpaired) electrons. The van der Waals surface area contributed by atoms with Crippen molar-refractivity contribution in [2.75, 3.05) is 37.0 Å². The van der Waals surface area contributed by atoms with Gasteiger partial charge in [0, 0.05) is 18.8 Å². The van der Waals surface area contributed by atoms with Gasteiger partial charge >= 0.3 is 5.97 Å². The maximum Gasteiger partial charge on any atom is 0.337 e. The third kappa shape index (κ3) is 5.02. The number of benzene rings is 2. The minimum atomic E-state index is -3.07. The zero-order valence-electron chi connectivity index (χ0n) is 16.4. The van der Waals surface area contributed by atoms with Gasteiger partial charge in [-0.3, -0.25) is 9.69 Å². The van der Waals surface area contributed by atoms with E-state index in [0.29, 0.717) is 11.3 Å². The molecule has 1 atom stereocenters. The Kier molecular flexibility index (Phi) is 6.34. The molecular weight excluding hydrogens is 392 g/mol. The number of hydrogen-bond donors (Lipinski definition) is 1. The molecule has 1 heterocycles. The number of ether oxygens (including phenoxy) is 1. The first-order valence-corrected chi connectivity index (χ1v) is 11.1. The minimum Gasteiger partial charge on any atom is -0.465 e. The standard InChI is InChI=1S/C21H24N2O5S/c1-15-8-9-17(21(25)28-2)14-18(15)22-20(24)19(16-6-4-3-5-7-16)23-10-12-29(26,27)13-11-23/h3-9,14,19H,10-13H2,1-2H3,(H,22,24). The first kappa shape index (κ1) is 21.0. The van der Waals surface area contributed by atoms with Gasteiger partial charge in [0.2, 0.25) is 5.91 Å². The lowest BCUT2D eigenvalue weighted by Crippen LogP contribution is -2.46. The number of amides is 1. The summed E-state index contributed by atoms with van der Waals surface area (Å²) in [6.45, 7) is 2.41. The number of carbonyl (C=O) groups is 2. The van der Waals surface area contributed by atoms with E-state index in [-0.39, 0.29) is 30.5 Å². The molecule has 8 heteroatoms. The molecule has 2 aromatic rings. The average molecular weight is 416 g/mol. The van der Waals surface area contributed by atoms with E-state index in [0.717, 1.165) is 11.1 Å². The van der Waals surface area contributed by atoms with E-state index < -0.39 is 21.8 Å². The van der Waals surface area contributed by atoms with E-state index in [9.17, 15) is 18.0 Å². The van der Waals surface area contributed by atoms with Crippen molar-refractivity contribution in [3.05, 3.63) is 65.2 Å². The largest absolute Gasteiger partial charge is 0.465 e. The van der Waals surface area contributed by atoms with Gasteiger partial charge in [-0.1, -0.05) is 36.4 Å². The van der Waals surface area contributed by atoms with Crippen molar-refractivity contribution < 1.29 is 22.7 Å². The van der Waals surface area contributed by atoms with Gasteiger partial charge in [0.15, 0.2) is 9.84 Å². The molecule has 0 bridgehead atoms. The van der Waals surface area contributed by atoms with E-state index in [4.69, 9.17) is 4.74 Å². The molecule has 0 aromatic heterocycles. The smallest absolute Gasteiger partial charge is 0.337 e. The second-order valence-electron chi connectivity index (χ2n) is 7.01. The monoisotopic (exact) mass is 416 g/mol. The molecule has 1 amide bonds. The van der Waals surface area contributed by atoms with E-state index >= 15 is 0 Å². The fourth-order valence-electron chi connectivity index (χ4n) is 3.35. The maximum atomic E-state index is 13.3. The van der Waals surface area contributed by atoms with Crippen molar-refractivity contribution in [2.24, 2.45) is 0 Å². The summed E-state index contributed by atoms with van der Waals surface area (Å²) in [6, 6.07) is 13.6. The van der Waals surface area contributed by atoms with Crippen molar-refractivity contribution in [1.29, 1.82) is 0 Å². The Labute approximate surface area is 170 Å². The van der Waals surface area contributed by atoms with Crippen LogP contribution in [0.15, 0.2) is 48.5 Å². The Morgan fingerprint density at radius 2 is 1.72 bits per heavy atom. The van der Waals surface area contributed by atoms with Crippen LogP contribution in [0.5, 0.6) is 0 Å². The second-order valence-corrected chi connectivity index (χ2v) is 9.32. The molecule has 1 saturated heterocycles. The number of aryl methyl sites for hydroxylation is 1. The molecule has 7 nitrogen and oxygen atoms in total. The third-order valence-corrected chi connectivity index (χ3v) is 6.63. The molecule has 0 aliphatic carbocycles. The van der Waals surface area contributed by atoms with Crippen LogP contribution >= 0.6 is 0 Å². The molecule has 1 aliphatic heterocycles. The Balaban J connectivity index is 1.89. The number of carbonyl (C=O) groups excluding carboxylic acids is 2. The van der Waals surface area contributed by atoms with E-state index in [1.54, 1.807) is 18.2 Å². The summed E-state index contributed by atoms with van der Waals surface area (Å²) in [4.78, 5) is 27.0. The molecule has 0 spiro atoms. The highest BCUT2D eigenvalue weighted by Gasteiger charge is 2.32. The molecule has 29 heavy (non-hydrogen) atoms. The molecule has 0 saturated carbocycles. The van der Waals surface area contributed by atoms with Crippen molar-refractivity contribution >= 4 is 27.4 Å². The molecule has 1 unspecified atom stereocenters. The molecule has 1 N–H and O–H groups in total. The number of esters is 1. The SMILES string of the molecule is COC(=O)c1ccc(C)c(NC(=O)C(c2ccccc2)N2CCS(=O)(=O)CC2)c1. The molecular formula is C21H24N2O5S. The molecule has 1 fully saturated rings. The molecule has 1 aliphatic rings. The van der Waals surface area contributed by atoms with Crippen LogP contribution in [0, 0.1) is 6.92 Å². The van der Waals surface area contributed by atoms with Crippen LogP contribution in [0.4, 0.5) is 5.69 Å². The van der Waals surface area contributed by atoms with Crippen LogP contribution in [0.3, 0.4) is 0 Å². The number of rotatable bonds is 5. The maximum absolute atomic E-state index is 13.3. The number of sulfone groups is 1. The number of anilines is 1. The number of nitrogens with one attached hydrogen (secondary N) is 1. The second kappa shape index (κ2) is 8.75. The van der Waals surface area contributed by atoms with Crippen LogP contribution in [-0.4, -0.2) is 56.9 Å². The Morgan fingerprint density at radius 3 is 2.34 bits per heavy atom. The van der Waals surface area contributed by atoms with Gasteiger partial charge in [-0.25, -0.2) is 13.2 Å². The van der Waals surface area contributed by atoms with E-state index in [1.165, 1.54) is 7.11 Å². The zero-order chi connectivity index (χ0) is 21.0. The van der Waals surface area contributed by atoms with Crippen LogP contribution in [-0.2, 0) is 19.4 Å². The number of nitrogens with zero attached hydrogens (tertiary/aromatic N) is 1. The van der Waals surface area contributed by atoms with Gasteiger partial charge in [-0.15, -0.1) is 0 Å². The molecule has 2 aromatic carbocycles. The van der Waals surface area contributed by atoms with Gasteiger partial charge < -0.3 is 10.1 Å². The number of hydrogen-bond acceptors (Lipinski definition) is 6. The quantitative estimate of drug-likeness (QED) is 0.751. The van der Waals surface area contributed by atoms with Crippen LogP contribution in [0.2, 0.25) is 0 Å². The first-order valence-electron chi connectivity index (χ1n) is 9.30. The summed E-state index contributed by atoms with van der Waals surface area (Å²) in [5, 5.41) is 2.91. The third-order valence-electron chi connectivity index (χ3n) is 5.02. The lowest BCUT2D eigenvalue weighted by atomic mass is 10.0. The first-order chi connectivity index (χ1) is 13.8. The van der Waals surface area contributed by atoms with Gasteiger partial charge in [-0.05, 0) is 30.2 Å². The van der Waals surface area contributed by atoms with Gasteiger partial charge in [0.05, 0.1) is 24.2 Å². The topological polar surface area (TPSA) is 92.8 Å². The van der Waals surface area contributed by atoms with Crippen molar-refractivity contribution in [2.45, 2.75) is 13.0 Å². The zero-order valence-corrected chi connectivity index (χ0v) is 17.2. The fourth-order valence-corrected chi connectivity index (χ4v) is 4.58. The van der Waals surface area contributed by atoms with E-state index in [1.807, 2.05) is 42.2 Å². The minimum absolute atomic E-state index is 0.0282. The lowest BCUT2D eigenvalue weighted by Gasteiger charge is -2.33. The highest BCUT2D eigenvalue weighted by atomic mass is 32.2. The van der Waals surface area contributed by atoms with Gasteiger partial charge in [0.25, 0.3) is 0 Å². The van der Waals surface area contributed by atoms with Gasteiger partial charge in [-0.2, -0.15) is 0 Å². The van der Waals surface area contributed by atoms with Crippen LogP contribution in [0.25, 0.3) is 0 Å². The van der Waals surface area contributed by atoms with E-state index in [2.05, 4.69) is 5.32 Å². The summed E-state index contributed by atoms with van der Waals surface area (Å²) >= 11 is 0. The molecule has 154 valence electrons. The normalized spacial score (nSPS) is 17.3. The fraction of sp³-hybridized carbons (Fsp3) is 0.333. The molecule has 3 rings (SSSR count). The predicted molar refractivity (Wildman–Crippen MR) is 111 cm³/mol. The highest BCUT2D eigenvalue weighted by molar-refractivity contribution is 7.91. The Bertz CT molecular complexity index is 991. The highest BCUT2D eigenvalue weighted by Crippen LogP contribution is 2.26. The number of methoxy groups -OCH3 is 1.